The third-order valence-corrected chi connectivity index (χ3v) is 6.01. The van der Waals surface area contributed by atoms with E-state index < -0.39 is 27.5 Å². The summed E-state index contributed by atoms with van der Waals surface area (Å²) < 4.78 is 25.9. The van der Waals surface area contributed by atoms with Crippen molar-refractivity contribution in [2.75, 3.05) is 0 Å². The van der Waals surface area contributed by atoms with Crippen LogP contribution in [-0.2, 0) is 10.0 Å². The summed E-state index contributed by atoms with van der Waals surface area (Å²) in [6.45, 7) is 9.00. The van der Waals surface area contributed by atoms with Gasteiger partial charge in [-0.05, 0) is 52.3 Å². The maximum absolute atomic E-state index is 12.5. The minimum absolute atomic E-state index is 0.0989. The van der Waals surface area contributed by atoms with E-state index in [9.17, 15) is 18.0 Å². The number of amides is 2. The van der Waals surface area contributed by atoms with Crippen LogP contribution < -0.4 is 5.32 Å². The Hall–Kier alpha value is -1.89. The number of carbonyl (C=O) groups is 2. The fraction of sp³-hybridized carbons (Fsp3) is 0.500. The average molecular weight is 338 g/mol. The Morgan fingerprint density at radius 1 is 1.30 bits per heavy atom. The minimum Gasteiger partial charge on any atom is -0.347 e. The molecule has 1 aliphatic rings. The summed E-state index contributed by atoms with van der Waals surface area (Å²) in [5.41, 5.74) is -0.0494. The summed E-state index contributed by atoms with van der Waals surface area (Å²) in [5.74, 6) is -0.902. The molecule has 0 spiro atoms. The van der Waals surface area contributed by atoms with Crippen molar-refractivity contribution in [2.24, 2.45) is 0 Å². The summed E-state index contributed by atoms with van der Waals surface area (Å²) in [6, 6.07) is 3.70. The fourth-order valence-electron chi connectivity index (χ4n) is 2.37. The molecule has 1 aliphatic heterocycles. The van der Waals surface area contributed by atoms with Gasteiger partial charge in [0, 0.05) is 17.1 Å². The van der Waals surface area contributed by atoms with Crippen LogP contribution in [0.2, 0.25) is 0 Å². The number of hydrogen-bond acceptors (Lipinski definition) is 4. The maximum atomic E-state index is 12.5. The van der Waals surface area contributed by atoms with Gasteiger partial charge in [-0.1, -0.05) is 6.92 Å². The quantitative estimate of drug-likeness (QED) is 0.912. The van der Waals surface area contributed by atoms with Gasteiger partial charge in [0.15, 0.2) is 0 Å². The van der Waals surface area contributed by atoms with Crippen molar-refractivity contribution in [3.8, 4) is 0 Å². The van der Waals surface area contributed by atoms with Crippen LogP contribution in [0, 0.1) is 0 Å². The highest BCUT2D eigenvalue weighted by Crippen LogP contribution is 2.32. The molecule has 1 N–H and O–H groups in total. The molecule has 0 saturated heterocycles. The third-order valence-electron chi connectivity index (χ3n) is 4.02. The van der Waals surface area contributed by atoms with Crippen LogP contribution in [0.1, 0.15) is 61.8 Å². The molecule has 0 atom stereocenters. The molecule has 0 fully saturated rings. The first-order chi connectivity index (χ1) is 10.5. The molecule has 0 aromatic heterocycles. The predicted octanol–water partition coefficient (Wildman–Crippen LogP) is 2.16. The Labute approximate surface area is 136 Å². The van der Waals surface area contributed by atoms with Crippen molar-refractivity contribution in [1.29, 1.82) is 0 Å². The maximum Gasteiger partial charge on any atom is 0.269 e. The number of fused-ring (bicyclic) bond motifs is 1. The van der Waals surface area contributed by atoms with E-state index in [1.165, 1.54) is 18.2 Å². The molecule has 6 nitrogen and oxygen atoms in total. The number of sulfonamides is 1. The summed E-state index contributed by atoms with van der Waals surface area (Å²) in [5, 5.41) is 2.85. The summed E-state index contributed by atoms with van der Waals surface area (Å²) in [4.78, 5) is 24.5. The zero-order chi connectivity index (χ0) is 17.6. The first-order valence-corrected chi connectivity index (χ1v) is 9.00. The van der Waals surface area contributed by atoms with Gasteiger partial charge in [-0.25, -0.2) is 12.7 Å². The lowest BCUT2D eigenvalue weighted by Crippen LogP contribution is -2.42. The van der Waals surface area contributed by atoms with Crippen LogP contribution in [0.4, 0.5) is 0 Å². The van der Waals surface area contributed by atoms with Gasteiger partial charge in [-0.3, -0.25) is 9.59 Å². The molecule has 0 unspecified atom stereocenters. The molecule has 23 heavy (non-hydrogen) atoms. The molecule has 0 saturated carbocycles. The van der Waals surface area contributed by atoms with Crippen molar-refractivity contribution >= 4 is 21.8 Å². The van der Waals surface area contributed by atoms with E-state index in [2.05, 4.69) is 5.32 Å². The predicted molar refractivity (Wildman–Crippen MR) is 86.8 cm³/mol. The number of nitrogens with one attached hydrogen (secondary N) is 1. The SMILES string of the molecule is CCC(C)(C)NC(=O)c1ccc2c(c1)S(=O)(=O)N(C(C)C)C2=O. The van der Waals surface area contributed by atoms with Crippen LogP contribution in [-0.4, -0.2) is 36.1 Å². The second-order valence-electron chi connectivity index (χ2n) is 6.60. The van der Waals surface area contributed by atoms with E-state index in [1.54, 1.807) is 13.8 Å². The fourth-order valence-corrected chi connectivity index (χ4v) is 4.16. The van der Waals surface area contributed by atoms with Crippen molar-refractivity contribution in [1.82, 2.24) is 9.62 Å². The van der Waals surface area contributed by atoms with Crippen molar-refractivity contribution < 1.29 is 18.0 Å². The normalized spacial score (nSPS) is 16.6. The molecule has 1 aromatic carbocycles. The molecule has 7 heteroatoms. The lowest BCUT2D eigenvalue weighted by molar-refractivity contribution is 0.0844. The summed E-state index contributed by atoms with van der Waals surface area (Å²) in [7, 11) is -3.90. The standard InChI is InChI=1S/C16H22N2O4S/c1-6-16(4,5)17-14(19)11-7-8-12-13(9-11)23(21,22)18(10(2)3)15(12)20/h7-10H,6H2,1-5H3,(H,17,19). The van der Waals surface area contributed by atoms with Gasteiger partial charge in [0.05, 0.1) is 5.56 Å². The molecule has 2 rings (SSSR count). The summed E-state index contributed by atoms with van der Waals surface area (Å²) in [6.07, 6.45) is 0.738. The van der Waals surface area contributed by atoms with Crippen LogP contribution in [0.5, 0.6) is 0 Å². The Morgan fingerprint density at radius 2 is 1.91 bits per heavy atom. The zero-order valence-electron chi connectivity index (χ0n) is 14.0. The van der Waals surface area contributed by atoms with Crippen molar-refractivity contribution in [2.45, 2.75) is 57.5 Å². The van der Waals surface area contributed by atoms with Gasteiger partial charge in [0.25, 0.3) is 21.8 Å². The molecule has 0 radical (unpaired) electrons. The first-order valence-electron chi connectivity index (χ1n) is 7.56. The monoisotopic (exact) mass is 338 g/mol. The lowest BCUT2D eigenvalue weighted by atomic mass is 10.0. The van der Waals surface area contributed by atoms with Crippen molar-refractivity contribution in [3.05, 3.63) is 29.3 Å². The second kappa shape index (κ2) is 5.63. The van der Waals surface area contributed by atoms with E-state index in [4.69, 9.17) is 0 Å². The molecule has 1 aromatic rings. The van der Waals surface area contributed by atoms with Crippen LogP contribution in [0.25, 0.3) is 0 Å². The molecule has 1 heterocycles. The number of carbonyl (C=O) groups excluding carboxylic acids is 2. The molecule has 0 aliphatic carbocycles. The Morgan fingerprint density at radius 3 is 2.43 bits per heavy atom. The van der Waals surface area contributed by atoms with E-state index in [0.717, 1.165) is 10.7 Å². The molecule has 2 amide bonds. The van der Waals surface area contributed by atoms with Gasteiger partial charge in [-0.15, -0.1) is 0 Å². The topological polar surface area (TPSA) is 83.6 Å². The van der Waals surface area contributed by atoms with Crippen molar-refractivity contribution in [3.63, 3.8) is 0 Å². The van der Waals surface area contributed by atoms with Crippen LogP contribution in [0.15, 0.2) is 23.1 Å². The van der Waals surface area contributed by atoms with Gasteiger partial charge in [-0.2, -0.15) is 0 Å². The van der Waals surface area contributed by atoms with Gasteiger partial charge < -0.3 is 5.32 Å². The van der Waals surface area contributed by atoms with Crippen LogP contribution >= 0.6 is 0 Å². The zero-order valence-corrected chi connectivity index (χ0v) is 14.8. The highest BCUT2D eigenvalue weighted by Gasteiger charge is 2.43. The molecule has 0 bridgehead atoms. The molecule has 126 valence electrons. The average Bonchev–Trinajstić information content (AvgIpc) is 2.65. The Kier molecular flexibility index (Phi) is 4.28. The van der Waals surface area contributed by atoms with Crippen LogP contribution in [0.3, 0.4) is 0 Å². The number of rotatable bonds is 4. The van der Waals surface area contributed by atoms with E-state index in [0.29, 0.717) is 0 Å². The number of benzene rings is 1. The lowest BCUT2D eigenvalue weighted by Gasteiger charge is -2.24. The highest BCUT2D eigenvalue weighted by molar-refractivity contribution is 7.90. The molecular weight excluding hydrogens is 316 g/mol. The summed E-state index contributed by atoms with van der Waals surface area (Å²) >= 11 is 0. The minimum atomic E-state index is -3.90. The van der Waals surface area contributed by atoms with E-state index in [1.807, 2.05) is 20.8 Å². The second-order valence-corrected chi connectivity index (χ2v) is 8.39. The smallest absolute Gasteiger partial charge is 0.269 e. The largest absolute Gasteiger partial charge is 0.347 e. The highest BCUT2D eigenvalue weighted by atomic mass is 32.2. The van der Waals surface area contributed by atoms with Gasteiger partial charge in [0.2, 0.25) is 0 Å². The third kappa shape index (κ3) is 2.97. The van der Waals surface area contributed by atoms with E-state index in [-0.39, 0.29) is 21.9 Å². The van der Waals surface area contributed by atoms with E-state index >= 15 is 0 Å². The molecular formula is C16H22N2O4S. The van der Waals surface area contributed by atoms with Gasteiger partial charge >= 0.3 is 0 Å². The Bertz CT molecular complexity index is 766. The number of hydrogen-bond donors (Lipinski definition) is 1. The van der Waals surface area contributed by atoms with Gasteiger partial charge in [0.1, 0.15) is 4.90 Å². The number of nitrogens with zero attached hydrogens (tertiary/aromatic N) is 1. The first kappa shape index (κ1) is 17.5. The Balaban J connectivity index is 2.45.